The van der Waals surface area contributed by atoms with Gasteiger partial charge < -0.3 is 26.7 Å². The predicted molar refractivity (Wildman–Crippen MR) is 237 cm³/mol. The summed E-state index contributed by atoms with van der Waals surface area (Å²) in [5.74, 6) is 0.689. The Morgan fingerprint density at radius 2 is 1.14 bits per heavy atom. The van der Waals surface area contributed by atoms with E-state index in [0.717, 1.165) is 30.9 Å². The summed E-state index contributed by atoms with van der Waals surface area (Å²) in [7, 11) is -0.966. The van der Waals surface area contributed by atoms with Gasteiger partial charge in [0.25, 0.3) is 11.8 Å². The van der Waals surface area contributed by atoms with E-state index in [0.29, 0.717) is 11.5 Å². The van der Waals surface area contributed by atoms with Crippen molar-refractivity contribution in [2.45, 2.75) is 111 Å². The normalized spacial score (nSPS) is 13.7. The van der Waals surface area contributed by atoms with Gasteiger partial charge in [-0.15, -0.1) is 28.6 Å². The van der Waals surface area contributed by atoms with Crippen LogP contribution in [-0.2, 0) is 25.8 Å². The second-order valence-electron chi connectivity index (χ2n) is 15.0. The van der Waals surface area contributed by atoms with Gasteiger partial charge in [0.15, 0.2) is 0 Å². The molecule has 2 aliphatic heterocycles. The van der Waals surface area contributed by atoms with Crippen LogP contribution in [0.3, 0.4) is 0 Å². The molecule has 0 spiro atoms. The van der Waals surface area contributed by atoms with Crippen molar-refractivity contribution in [1.29, 1.82) is 0 Å². The molecule has 0 radical (unpaired) electrons. The second kappa shape index (κ2) is 24.4. The third kappa shape index (κ3) is 13.0. The van der Waals surface area contributed by atoms with E-state index in [9.17, 15) is 14.4 Å². The lowest BCUT2D eigenvalue weighted by Crippen LogP contribution is -3.00. The van der Waals surface area contributed by atoms with Crippen LogP contribution in [0.5, 0.6) is 0 Å². The summed E-state index contributed by atoms with van der Waals surface area (Å²) in [4.78, 5) is 43.7. The summed E-state index contributed by atoms with van der Waals surface area (Å²) in [5, 5.41) is 0.651. The van der Waals surface area contributed by atoms with Crippen molar-refractivity contribution < 1.29 is 36.2 Å². The zero-order chi connectivity index (χ0) is 38.9. The number of imide groups is 1. The minimum atomic E-state index is -0.966. The molecule has 0 bridgehead atoms. The number of amides is 2. The molecular formula is C46H62BrN2O4PS2. The standard InChI is InChI=1S/C46H62N2O4PS2.BrH/c1-4-7-30-53(31-8-5-2,32-9-6-3)33-20-35-55-46(54-34-19-11-14-27-44(51)52-48-42(49)28-29-43(48)50)45-38-23-15-17-25-40(38)47(36-37-21-12-10-13-22-37)41-26-18-16-24-39(41)45;/h10,12-13,15-18,21-26H,4-9,11,14,19-20,27-36H2,1-3H3;1H/q+1;/p-1. The highest BCUT2D eigenvalue weighted by molar-refractivity contribution is 8.22. The average Bonchev–Trinajstić information content (AvgIpc) is 3.53. The van der Waals surface area contributed by atoms with Crippen LogP contribution in [0.15, 0.2) is 83.1 Å². The van der Waals surface area contributed by atoms with Gasteiger partial charge in [0.1, 0.15) is 0 Å². The van der Waals surface area contributed by atoms with E-state index in [-0.39, 0.29) is 36.2 Å². The zero-order valence-corrected chi connectivity index (χ0v) is 37.9. The van der Waals surface area contributed by atoms with Crippen molar-refractivity contribution in [2.75, 3.05) is 41.1 Å². The molecule has 0 aromatic heterocycles. The summed E-state index contributed by atoms with van der Waals surface area (Å²) in [6.07, 6.45) is 18.0. The first-order chi connectivity index (χ1) is 26.9. The van der Waals surface area contributed by atoms with Gasteiger partial charge in [-0.05, 0) is 62.0 Å². The molecule has 3 aromatic carbocycles. The number of para-hydroxylation sites is 2. The van der Waals surface area contributed by atoms with Crippen molar-refractivity contribution in [3.8, 4) is 0 Å². The van der Waals surface area contributed by atoms with E-state index in [1.807, 2.05) is 11.8 Å². The summed E-state index contributed by atoms with van der Waals surface area (Å²) in [6.45, 7) is 7.86. The van der Waals surface area contributed by atoms with Crippen LogP contribution in [0.25, 0.3) is 5.57 Å². The predicted octanol–water partition coefficient (Wildman–Crippen LogP) is 9.50. The van der Waals surface area contributed by atoms with Gasteiger partial charge >= 0.3 is 5.97 Å². The number of hydroxylamine groups is 2. The monoisotopic (exact) mass is 880 g/mol. The van der Waals surface area contributed by atoms with Gasteiger partial charge in [0.2, 0.25) is 0 Å². The molecular weight excluding hydrogens is 820 g/mol. The van der Waals surface area contributed by atoms with Crippen molar-refractivity contribution in [3.63, 3.8) is 0 Å². The smallest absolute Gasteiger partial charge is 0.333 e. The lowest BCUT2D eigenvalue weighted by molar-refractivity contribution is -0.197. The highest BCUT2D eigenvalue weighted by atomic mass is 79.9. The molecule has 0 aliphatic carbocycles. The fourth-order valence-corrected chi connectivity index (χ4v) is 15.6. The number of fused-ring (bicyclic) bond motifs is 2. The first kappa shape index (κ1) is 46.1. The Balaban J connectivity index is 0.00000696. The van der Waals surface area contributed by atoms with Gasteiger partial charge in [-0.2, -0.15) is 0 Å². The Morgan fingerprint density at radius 1 is 0.643 bits per heavy atom. The third-order valence-corrected chi connectivity index (χ3v) is 18.4. The van der Waals surface area contributed by atoms with Crippen LogP contribution >= 0.6 is 30.8 Å². The lowest BCUT2D eigenvalue weighted by atomic mass is 9.91. The number of carbonyl (C=O) groups excluding carboxylic acids is 3. The maximum absolute atomic E-state index is 12.4. The fourth-order valence-electron chi connectivity index (χ4n) is 7.69. The van der Waals surface area contributed by atoms with E-state index in [1.54, 1.807) is 0 Å². The Morgan fingerprint density at radius 3 is 1.70 bits per heavy atom. The van der Waals surface area contributed by atoms with Crippen LogP contribution in [0.1, 0.15) is 121 Å². The first-order valence-electron chi connectivity index (χ1n) is 20.8. The van der Waals surface area contributed by atoms with E-state index in [1.165, 1.54) is 107 Å². The van der Waals surface area contributed by atoms with Crippen LogP contribution in [0.2, 0.25) is 0 Å². The highest BCUT2D eigenvalue weighted by Gasteiger charge is 2.35. The molecule has 5 rings (SSSR count). The number of rotatable bonds is 24. The Labute approximate surface area is 356 Å². The van der Waals surface area contributed by atoms with Gasteiger partial charge in [-0.1, -0.05) is 113 Å². The number of halogens is 1. The largest absolute Gasteiger partial charge is 1.00 e. The number of anilines is 2. The number of carbonyl (C=O) groups is 3. The lowest BCUT2D eigenvalue weighted by Gasteiger charge is -2.35. The van der Waals surface area contributed by atoms with Crippen molar-refractivity contribution >= 4 is 65.5 Å². The third-order valence-electron chi connectivity index (χ3n) is 10.7. The van der Waals surface area contributed by atoms with Gasteiger partial charge in [-0.25, -0.2) is 4.79 Å². The number of thioether (sulfide) groups is 2. The van der Waals surface area contributed by atoms with Gasteiger partial charge in [0, 0.05) is 71.1 Å². The quantitative estimate of drug-likeness (QED) is 0.0505. The highest BCUT2D eigenvalue weighted by Crippen LogP contribution is 2.61. The summed E-state index contributed by atoms with van der Waals surface area (Å²) < 4.78 is 1.39. The number of nitrogens with zero attached hydrogens (tertiary/aromatic N) is 2. The van der Waals surface area contributed by atoms with Gasteiger partial charge in [-0.3, -0.25) is 9.59 Å². The number of unbranched alkanes of at least 4 members (excludes halogenated alkanes) is 5. The van der Waals surface area contributed by atoms with E-state index < -0.39 is 25.0 Å². The first-order valence-corrected chi connectivity index (χ1v) is 25.3. The summed E-state index contributed by atoms with van der Waals surface area (Å²) in [5.41, 5.74) is 7.70. The SMILES string of the molecule is CCCC[P+](CCCC)(CCCC)CCCSC(SCCCCCC(=O)ON1C(=O)CCC1=O)=C1c2ccccc2N(Cc2ccccc2)c2ccccc21.[Br-]. The van der Waals surface area contributed by atoms with Crippen LogP contribution in [0.4, 0.5) is 11.4 Å². The molecule has 1 fully saturated rings. The summed E-state index contributed by atoms with van der Waals surface area (Å²) >= 11 is 4.02. The molecule has 6 nitrogen and oxygen atoms in total. The Hall–Kier alpha value is -2.58. The molecule has 0 atom stereocenters. The molecule has 0 N–H and O–H groups in total. The molecule has 3 aromatic rings. The molecule has 304 valence electrons. The fraction of sp³-hybridized carbons (Fsp3) is 0.500. The molecule has 1 saturated heterocycles. The topological polar surface area (TPSA) is 66.9 Å². The van der Waals surface area contributed by atoms with Crippen LogP contribution < -0.4 is 21.9 Å². The molecule has 10 heteroatoms. The number of hydrogen-bond donors (Lipinski definition) is 0. The molecule has 2 aliphatic rings. The van der Waals surface area contributed by atoms with Crippen molar-refractivity contribution in [1.82, 2.24) is 5.06 Å². The minimum absolute atomic E-state index is 0. The molecule has 2 heterocycles. The van der Waals surface area contributed by atoms with E-state index >= 15 is 0 Å². The maximum atomic E-state index is 12.4. The molecule has 0 unspecified atom stereocenters. The van der Waals surface area contributed by atoms with Gasteiger partial charge in [0.05, 0.1) is 24.6 Å². The van der Waals surface area contributed by atoms with E-state index in [2.05, 4.69) is 116 Å². The molecule has 2 amide bonds. The Kier molecular flexibility index (Phi) is 20.1. The molecule has 56 heavy (non-hydrogen) atoms. The van der Waals surface area contributed by atoms with Crippen molar-refractivity contribution in [2.24, 2.45) is 0 Å². The van der Waals surface area contributed by atoms with Crippen LogP contribution in [0, 0.1) is 0 Å². The van der Waals surface area contributed by atoms with Crippen molar-refractivity contribution in [3.05, 3.63) is 99.8 Å². The van der Waals surface area contributed by atoms with E-state index in [4.69, 9.17) is 4.84 Å². The Bertz CT molecular complexity index is 1650. The number of benzene rings is 3. The number of hydrogen-bond acceptors (Lipinski definition) is 7. The van der Waals surface area contributed by atoms with Crippen LogP contribution in [-0.4, -0.2) is 59.0 Å². The second-order valence-corrected chi connectivity index (χ2v) is 21.9. The summed E-state index contributed by atoms with van der Waals surface area (Å²) in [6, 6.07) is 28.6. The minimum Gasteiger partial charge on any atom is -1.00 e. The maximum Gasteiger partial charge on any atom is 0.333 e. The molecule has 0 saturated carbocycles. The average molecular weight is 882 g/mol. The zero-order valence-electron chi connectivity index (χ0n) is 33.8.